The topological polar surface area (TPSA) is 78.4 Å². The van der Waals surface area contributed by atoms with Crippen molar-refractivity contribution in [3.05, 3.63) is 33.9 Å². The molecule has 0 aliphatic carbocycles. The van der Waals surface area contributed by atoms with Crippen LogP contribution in [0.3, 0.4) is 0 Å². The Hall–Kier alpha value is -2.06. The van der Waals surface area contributed by atoms with Crippen molar-refractivity contribution in [2.75, 3.05) is 13.7 Å². The highest BCUT2D eigenvalue weighted by atomic mass is 16.6. The zero-order valence-corrected chi connectivity index (χ0v) is 8.19. The maximum atomic E-state index is 10.5. The van der Waals surface area contributed by atoms with Crippen molar-refractivity contribution in [1.29, 1.82) is 0 Å². The molecule has 0 unspecified atom stereocenters. The predicted octanol–water partition coefficient (Wildman–Crippen LogP) is 0.914. The first kappa shape index (κ1) is 11.0. The van der Waals surface area contributed by atoms with E-state index in [0.29, 0.717) is 11.3 Å². The van der Waals surface area contributed by atoms with Crippen LogP contribution < -0.4 is 10.5 Å². The van der Waals surface area contributed by atoms with E-state index in [0.717, 1.165) is 0 Å². The van der Waals surface area contributed by atoms with Crippen molar-refractivity contribution >= 4 is 5.69 Å². The van der Waals surface area contributed by atoms with Gasteiger partial charge in [0.25, 0.3) is 5.69 Å². The number of nitro benzene ring substituents is 1. The molecule has 0 aliphatic heterocycles. The van der Waals surface area contributed by atoms with E-state index >= 15 is 0 Å². The third kappa shape index (κ3) is 2.69. The van der Waals surface area contributed by atoms with E-state index in [1.54, 1.807) is 0 Å². The van der Waals surface area contributed by atoms with E-state index in [4.69, 9.17) is 10.5 Å². The molecule has 5 heteroatoms. The molecule has 0 saturated heterocycles. The van der Waals surface area contributed by atoms with Gasteiger partial charge in [-0.15, -0.1) is 0 Å². The molecular formula is C10H10N2O3. The molecule has 0 saturated carbocycles. The predicted molar refractivity (Wildman–Crippen MR) is 55.6 cm³/mol. The molecule has 1 rings (SSSR count). The van der Waals surface area contributed by atoms with Crippen molar-refractivity contribution in [2.45, 2.75) is 0 Å². The van der Waals surface area contributed by atoms with Crippen molar-refractivity contribution in [2.24, 2.45) is 5.73 Å². The van der Waals surface area contributed by atoms with Crippen LogP contribution in [0.15, 0.2) is 18.2 Å². The van der Waals surface area contributed by atoms with Crippen LogP contribution in [0.2, 0.25) is 0 Å². The third-order valence-electron chi connectivity index (χ3n) is 1.72. The fraction of sp³-hybridized carbons (Fsp3) is 0.200. The molecule has 2 N–H and O–H groups in total. The summed E-state index contributed by atoms with van der Waals surface area (Å²) >= 11 is 0. The van der Waals surface area contributed by atoms with Crippen LogP contribution >= 0.6 is 0 Å². The van der Waals surface area contributed by atoms with Crippen molar-refractivity contribution in [3.63, 3.8) is 0 Å². The van der Waals surface area contributed by atoms with Crippen LogP contribution in [0, 0.1) is 22.0 Å². The number of ether oxygens (including phenoxy) is 1. The Morgan fingerprint density at radius 1 is 1.60 bits per heavy atom. The highest BCUT2D eigenvalue weighted by molar-refractivity contribution is 5.52. The summed E-state index contributed by atoms with van der Waals surface area (Å²) in [6, 6.07) is 4.24. The number of non-ortho nitro benzene ring substituents is 1. The molecule has 1 aromatic rings. The number of nitrogens with two attached hydrogens (primary N) is 1. The van der Waals surface area contributed by atoms with Crippen molar-refractivity contribution in [3.8, 4) is 17.6 Å². The third-order valence-corrected chi connectivity index (χ3v) is 1.72. The van der Waals surface area contributed by atoms with Crippen LogP contribution in [-0.4, -0.2) is 18.6 Å². The fourth-order valence-corrected chi connectivity index (χ4v) is 1.05. The van der Waals surface area contributed by atoms with Gasteiger partial charge in [0.2, 0.25) is 0 Å². The van der Waals surface area contributed by atoms with Gasteiger partial charge in [0.05, 0.1) is 24.1 Å². The van der Waals surface area contributed by atoms with Crippen LogP contribution in [0.25, 0.3) is 0 Å². The van der Waals surface area contributed by atoms with Gasteiger partial charge in [0.1, 0.15) is 5.75 Å². The number of hydrogen-bond donors (Lipinski definition) is 1. The molecule has 0 fully saturated rings. The van der Waals surface area contributed by atoms with Gasteiger partial charge in [0.15, 0.2) is 0 Å². The molecular weight excluding hydrogens is 196 g/mol. The Morgan fingerprint density at radius 2 is 2.33 bits per heavy atom. The Bertz CT molecular complexity index is 432. The number of nitro groups is 1. The molecule has 0 heterocycles. The molecule has 0 aliphatic rings. The first-order valence-electron chi connectivity index (χ1n) is 4.20. The molecule has 0 aromatic heterocycles. The van der Waals surface area contributed by atoms with Crippen LogP contribution in [0.1, 0.15) is 5.56 Å². The molecule has 0 spiro atoms. The smallest absolute Gasteiger partial charge is 0.270 e. The first-order chi connectivity index (χ1) is 7.19. The Balaban J connectivity index is 3.19. The zero-order valence-electron chi connectivity index (χ0n) is 8.19. The maximum Gasteiger partial charge on any atom is 0.270 e. The van der Waals surface area contributed by atoms with Gasteiger partial charge >= 0.3 is 0 Å². The zero-order chi connectivity index (χ0) is 11.3. The molecule has 0 bridgehead atoms. The number of rotatable bonds is 2. The molecule has 0 amide bonds. The molecule has 1 aromatic carbocycles. The maximum absolute atomic E-state index is 10.5. The van der Waals surface area contributed by atoms with Gasteiger partial charge in [0, 0.05) is 12.1 Å². The van der Waals surface area contributed by atoms with Crippen LogP contribution in [0.5, 0.6) is 5.75 Å². The summed E-state index contributed by atoms with van der Waals surface area (Å²) in [6.45, 7) is 0.200. The Morgan fingerprint density at radius 3 is 2.87 bits per heavy atom. The minimum absolute atomic E-state index is 0.0166. The lowest BCUT2D eigenvalue weighted by Gasteiger charge is -2.01. The van der Waals surface area contributed by atoms with E-state index < -0.39 is 4.92 Å². The number of hydrogen-bond acceptors (Lipinski definition) is 4. The summed E-state index contributed by atoms with van der Waals surface area (Å²) in [5.41, 5.74) is 5.67. The highest BCUT2D eigenvalue weighted by Crippen LogP contribution is 2.22. The number of benzene rings is 1. The van der Waals surface area contributed by atoms with E-state index in [9.17, 15) is 10.1 Å². The van der Waals surface area contributed by atoms with E-state index in [1.807, 2.05) is 0 Å². The summed E-state index contributed by atoms with van der Waals surface area (Å²) in [6.07, 6.45) is 0. The van der Waals surface area contributed by atoms with Gasteiger partial charge < -0.3 is 10.5 Å². The second-order valence-corrected chi connectivity index (χ2v) is 2.65. The average molecular weight is 206 g/mol. The highest BCUT2D eigenvalue weighted by Gasteiger charge is 2.09. The monoisotopic (exact) mass is 206 g/mol. The van der Waals surface area contributed by atoms with Gasteiger partial charge in [-0.3, -0.25) is 10.1 Å². The Labute approximate surface area is 87.0 Å². The van der Waals surface area contributed by atoms with Gasteiger partial charge in [-0.1, -0.05) is 11.8 Å². The van der Waals surface area contributed by atoms with Crippen molar-refractivity contribution in [1.82, 2.24) is 0 Å². The first-order valence-corrected chi connectivity index (χ1v) is 4.20. The van der Waals surface area contributed by atoms with Crippen LogP contribution in [0.4, 0.5) is 5.69 Å². The van der Waals surface area contributed by atoms with E-state index in [-0.39, 0.29) is 12.2 Å². The van der Waals surface area contributed by atoms with Crippen molar-refractivity contribution < 1.29 is 9.66 Å². The minimum atomic E-state index is -0.479. The summed E-state index contributed by atoms with van der Waals surface area (Å²) < 4.78 is 5.01. The van der Waals surface area contributed by atoms with Gasteiger partial charge in [-0.05, 0) is 6.07 Å². The molecule has 5 nitrogen and oxygen atoms in total. The lowest BCUT2D eigenvalue weighted by Crippen LogP contribution is -1.95. The van der Waals surface area contributed by atoms with Crippen LogP contribution in [-0.2, 0) is 0 Å². The number of methoxy groups -OCH3 is 1. The quantitative estimate of drug-likeness (QED) is 0.443. The summed E-state index contributed by atoms with van der Waals surface area (Å²) in [5, 5.41) is 10.5. The fourth-order valence-electron chi connectivity index (χ4n) is 1.05. The summed E-state index contributed by atoms with van der Waals surface area (Å²) in [5.74, 6) is 5.84. The second kappa shape index (κ2) is 4.98. The average Bonchev–Trinajstić information content (AvgIpc) is 2.25. The lowest BCUT2D eigenvalue weighted by atomic mass is 10.2. The van der Waals surface area contributed by atoms with E-state index in [2.05, 4.69) is 11.8 Å². The second-order valence-electron chi connectivity index (χ2n) is 2.65. The standard InChI is InChI=1S/C10H10N2O3/c1-15-10-5-4-9(12(13)14)7-8(10)3-2-6-11/h4-5,7H,6,11H2,1H3. The van der Waals surface area contributed by atoms with Gasteiger partial charge in [-0.2, -0.15) is 0 Å². The summed E-state index contributed by atoms with van der Waals surface area (Å²) in [7, 11) is 1.48. The Kier molecular flexibility index (Phi) is 3.66. The molecule has 15 heavy (non-hydrogen) atoms. The lowest BCUT2D eigenvalue weighted by molar-refractivity contribution is -0.384. The molecule has 0 radical (unpaired) electrons. The molecule has 78 valence electrons. The SMILES string of the molecule is COc1ccc([N+](=O)[O-])cc1C#CCN. The summed E-state index contributed by atoms with van der Waals surface area (Å²) in [4.78, 5) is 10.0. The normalized spacial score (nSPS) is 8.93. The van der Waals surface area contributed by atoms with Gasteiger partial charge in [-0.25, -0.2) is 0 Å². The largest absolute Gasteiger partial charge is 0.495 e. The van der Waals surface area contributed by atoms with E-state index in [1.165, 1.54) is 25.3 Å². The minimum Gasteiger partial charge on any atom is -0.495 e. The number of nitrogens with zero attached hydrogens (tertiary/aromatic N) is 1. The molecule has 0 atom stereocenters.